The summed E-state index contributed by atoms with van der Waals surface area (Å²) in [5.41, 5.74) is 1.84. The third kappa shape index (κ3) is 11.2. The normalized spacial score (nSPS) is 11.8. The Labute approximate surface area is 277 Å². The molecule has 252 valence electrons. The number of non-ortho nitro benzene ring substituents is 2. The highest BCUT2D eigenvalue weighted by Crippen LogP contribution is 2.25. The second-order valence-electron chi connectivity index (χ2n) is 10.8. The second-order valence-corrected chi connectivity index (χ2v) is 10.8. The molecule has 0 aromatic heterocycles. The van der Waals surface area contributed by atoms with Crippen LogP contribution in [0.1, 0.15) is 37.1 Å². The van der Waals surface area contributed by atoms with E-state index in [0.29, 0.717) is 11.5 Å². The highest BCUT2D eigenvalue weighted by atomic mass is 16.7. The summed E-state index contributed by atoms with van der Waals surface area (Å²) in [6, 6.07) is 25.0. The van der Waals surface area contributed by atoms with Crippen molar-refractivity contribution >= 4 is 23.7 Å². The summed E-state index contributed by atoms with van der Waals surface area (Å²) < 4.78 is 20.3. The molecule has 0 aliphatic heterocycles. The maximum atomic E-state index is 11.8. The predicted molar refractivity (Wildman–Crippen MR) is 177 cm³/mol. The summed E-state index contributed by atoms with van der Waals surface area (Å²) >= 11 is 0. The van der Waals surface area contributed by atoms with Crippen molar-refractivity contribution in [2.24, 2.45) is 0 Å². The topological polar surface area (TPSA) is 164 Å². The van der Waals surface area contributed by atoms with Crippen LogP contribution in [0.5, 0.6) is 23.0 Å². The van der Waals surface area contributed by atoms with E-state index in [1.54, 1.807) is 36.4 Å². The molecule has 0 saturated heterocycles. The van der Waals surface area contributed by atoms with Gasteiger partial charge in [-0.25, -0.2) is 9.59 Å². The highest BCUT2D eigenvalue weighted by molar-refractivity contribution is 5.68. The number of hydrogen-bond donors (Lipinski definition) is 0. The van der Waals surface area contributed by atoms with Crippen LogP contribution in [-0.2, 0) is 0 Å². The molecule has 4 aromatic carbocycles. The molecule has 0 amide bonds. The van der Waals surface area contributed by atoms with Crippen molar-refractivity contribution < 1.29 is 38.4 Å². The quantitative estimate of drug-likeness (QED) is 0.0709. The molecule has 0 radical (unpaired) electrons. The summed E-state index contributed by atoms with van der Waals surface area (Å²) in [5.74, 6) is 1.08. The van der Waals surface area contributed by atoms with E-state index in [2.05, 4.69) is 0 Å². The maximum Gasteiger partial charge on any atom is 0.519 e. The number of hydrogen-bond acceptors (Lipinski definition) is 12. The van der Waals surface area contributed by atoms with Gasteiger partial charge >= 0.3 is 12.3 Å². The number of ether oxygens (including phenoxy) is 4. The number of nitrogens with zero attached hydrogens (tertiary/aromatic N) is 4. The van der Waals surface area contributed by atoms with Gasteiger partial charge in [-0.05, 0) is 102 Å². The van der Waals surface area contributed by atoms with E-state index in [-0.39, 0.29) is 35.0 Å². The zero-order chi connectivity index (χ0) is 35.4. The summed E-state index contributed by atoms with van der Waals surface area (Å²) in [6.45, 7) is 4.07. The number of carbonyl (C=O) groups is 2. The van der Waals surface area contributed by atoms with Gasteiger partial charge in [-0.1, -0.05) is 24.3 Å². The van der Waals surface area contributed by atoms with E-state index in [1.165, 1.54) is 48.5 Å². The van der Waals surface area contributed by atoms with Gasteiger partial charge in [-0.2, -0.15) is 0 Å². The molecule has 14 heteroatoms. The molecule has 48 heavy (non-hydrogen) atoms. The van der Waals surface area contributed by atoms with Gasteiger partial charge in [0, 0.05) is 36.3 Å². The second kappa shape index (κ2) is 17.2. The summed E-state index contributed by atoms with van der Waals surface area (Å²) in [7, 11) is 7.84. The van der Waals surface area contributed by atoms with Gasteiger partial charge < -0.3 is 28.7 Å². The zero-order valence-corrected chi connectivity index (χ0v) is 27.3. The van der Waals surface area contributed by atoms with Crippen molar-refractivity contribution in [3.63, 3.8) is 0 Å². The third-order valence-corrected chi connectivity index (χ3v) is 7.13. The molecule has 0 heterocycles. The Morgan fingerprint density at radius 1 is 0.542 bits per heavy atom. The van der Waals surface area contributed by atoms with Crippen molar-refractivity contribution in [3.05, 3.63) is 128 Å². The van der Waals surface area contributed by atoms with Crippen molar-refractivity contribution in [1.29, 1.82) is 0 Å². The molecular weight excluding hydrogens is 624 g/mol. The van der Waals surface area contributed by atoms with Crippen molar-refractivity contribution in [1.82, 2.24) is 9.80 Å². The molecular formula is C34H36N4O10. The lowest BCUT2D eigenvalue weighted by molar-refractivity contribution is -0.385. The molecule has 0 aliphatic rings. The van der Waals surface area contributed by atoms with Crippen LogP contribution in [-0.4, -0.2) is 60.1 Å². The predicted octanol–water partition coefficient (Wildman–Crippen LogP) is 7.59. The Balaban J connectivity index is 0.000000260. The Hall–Kier alpha value is -5.86. The average Bonchev–Trinajstić information content (AvgIpc) is 3.04. The largest absolute Gasteiger partial charge is 0.519 e. The molecule has 1 unspecified atom stereocenters. The lowest BCUT2D eigenvalue weighted by atomic mass is 10.1. The molecule has 0 bridgehead atoms. The van der Waals surface area contributed by atoms with Crippen LogP contribution in [0, 0.1) is 20.2 Å². The van der Waals surface area contributed by atoms with Gasteiger partial charge in [0.2, 0.25) is 0 Å². The molecule has 0 spiro atoms. The molecule has 4 rings (SSSR count). The van der Waals surface area contributed by atoms with Gasteiger partial charge in [0.15, 0.2) is 0 Å². The molecule has 0 N–H and O–H groups in total. The average molecular weight is 661 g/mol. The van der Waals surface area contributed by atoms with Gasteiger partial charge in [-0.15, -0.1) is 0 Å². The lowest BCUT2D eigenvalue weighted by Gasteiger charge is -2.20. The highest BCUT2D eigenvalue weighted by Gasteiger charge is 2.15. The minimum absolute atomic E-state index is 0.0823. The van der Waals surface area contributed by atoms with E-state index in [4.69, 9.17) is 18.9 Å². The minimum Gasteiger partial charge on any atom is -0.395 e. The Kier molecular flexibility index (Phi) is 13.1. The number of nitro benzene ring substituents is 2. The van der Waals surface area contributed by atoms with E-state index >= 15 is 0 Å². The summed E-state index contributed by atoms with van der Waals surface area (Å²) in [4.78, 5) is 47.8. The number of benzene rings is 4. The Morgan fingerprint density at radius 2 is 0.854 bits per heavy atom. The number of rotatable bonds is 10. The first-order chi connectivity index (χ1) is 22.7. The van der Waals surface area contributed by atoms with Crippen LogP contribution in [0.25, 0.3) is 0 Å². The van der Waals surface area contributed by atoms with Gasteiger partial charge in [0.1, 0.15) is 23.0 Å². The van der Waals surface area contributed by atoms with Crippen LogP contribution in [0.2, 0.25) is 0 Å². The zero-order valence-electron chi connectivity index (χ0n) is 27.3. The van der Waals surface area contributed by atoms with E-state index in [9.17, 15) is 29.8 Å². The first-order valence-corrected chi connectivity index (χ1v) is 14.5. The maximum absolute atomic E-state index is 11.8. The Bertz CT molecular complexity index is 1580. The van der Waals surface area contributed by atoms with Crippen LogP contribution < -0.4 is 18.9 Å². The molecule has 0 aliphatic carbocycles. The van der Waals surface area contributed by atoms with Crippen molar-refractivity contribution in [2.75, 3.05) is 28.2 Å². The summed E-state index contributed by atoms with van der Waals surface area (Å²) in [5, 5.41) is 21.2. The molecule has 2 atom stereocenters. The van der Waals surface area contributed by atoms with Gasteiger partial charge in [0.05, 0.1) is 9.85 Å². The third-order valence-electron chi connectivity index (χ3n) is 7.13. The number of carbonyl (C=O) groups excluding carboxylic acids is 2. The van der Waals surface area contributed by atoms with Crippen LogP contribution in [0.4, 0.5) is 21.0 Å². The SMILES string of the molecule is CC(c1cccc(OC(=O)Oc2ccc([N+](=O)[O-])cc2)c1)N(C)C.C[C@@H](c1cccc(OC(=O)Oc2ccc([N+](=O)[O-])cc2)c1)N(C)C. The minimum atomic E-state index is -0.904. The van der Waals surface area contributed by atoms with Crippen molar-refractivity contribution in [2.45, 2.75) is 25.9 Å². The van der Waals surface area contributed by atoms with E-state index in [1.807, 2.05) is 64.0 Å². The first kappa shape index (κ1) is 36.6. The van der Waals surface area contributed by atoms with E-state index < -0.39 is 22.2 Å². The lowest BCUT2D eigenvalue weighted by Crippen LogP contribution is -2.17. The van der Waals surface area contributed by atoms with Gasteiger partial charge in [0.25, 0.3) is 11.4 Å². The molecule has 4 aromatic rings. The number of nitro groups is 2. The standard InChI is InChI=1S/2C17H18N2O5/c2*1-12(18(2)3)13-5-4-6-16(11-13)24-17(20)23-15-9-7-14(8-10-15)19(21)22/h2*4-12H,1-3H3/t12-;/m0./s1. The van der Waals surface area contributed by atoms with Crippen LogP contribution in [0.3, 0.4) is 0 Å². The fraction of sp³-hybridized carbons (Fsp3) is 0.235. The monoisotopic (exact) mass is 660 g/mol. The Morgan fingerprint density at radius 3 is 1.15 bits per heavy atom. The molecule has 0 saturated carbocycles. The molecule has 14 nitrogen and oxygen atoms in total. The van der Waals surface area contributed by atoms with Gasteiger partial charge in [-0.3, -0.25) is 20.2 Å². The fourth-order valence-electron chi connectivity index (χ4n) is 3.97. The van der Waals surface area contributed by atoms with Crippen LogP contribution >= 0.6 is 0 Å². The first-order valence-electron chi connectivity index (χ1n) is 14.5. The fourth-order valence-corrected chi connectivity index (χ4v) is 3.97. The van der Waals surface area contributed by atoms with Crippen LogP contribution in [0.15, 0.2) is 97.1 Å². The summed E-state index contributed by atoms with van der Waals surface area (Å²) in [6.07, 6.45) is -1.81. The smallest absolute Gasteiger partial charge is 0.395 e. The van der Waals surface area contributed by atoms with E-state index in [0.717, 1.165) is 11.1 Å². The molecule has 0 fully saturated rings. The van der Waals surface area contributed by atoms with Crippen molar-refractivity contribution in [3.8, 4) is 23.0 Å².